The van der Waals surface area contributed by atoms with Gasteiger partial charge in [0.25, 0.3) is 0 Å². The molecule has 2 aliphatic rings. The molecule has 1 aromatic carbocycles. The number of hydrogen-bond donors (Lipinski definition) is 0. The Balaban J connectivity index is 2.03. The van der Waals surface area contributed by atoms with Crippen molar-refractivity contribution >= 4 is 33.5 Å². The van der Waals surface area contributed by atoms with E-state index in [-0.39, 0.29) is 11.6 Å². The molecule has 24 heavy (non-hydrogen) atoms. The lowest BCUT2D eigenvalue weighted by Gasteiger charge is -2.48. The normalized spacial score (nSPS) is 25.4. The van der Waals surface area contributed by atoms with E-state index in [1.165, 1.54) is 0 Å². The van der Waals surface area contributed by atoms with Gasteiger partial charge in [0.05, 0.1) is 5.41 Å². The summed E-state index contributed by atoms with van der Waals surface area (Å²) in [5, 5.41) is 0. The summed E-state index contributed by atoms with van der Waals surface area (Å²) in [4.78, 5) is 38.6. The summed E-state index contributed by atoms with van der Waals surface area (Å²) in [6.07, 6.45) is 3.01. The molecule has 1 aliphatic heterocycles. The molecule has 3 rings (SSSR count). The molecule has 0 N–H and O–H groups in total. The van der Waals surface area contributed by atoms with Crippen molar-refractivity contribution in [2.75, 3.05) is 0 Å². The molecular weight excluding hydrogens is 372 g/mol. The molecule has 1 atom stereocenters. The van der Waals surface area contributed by atoms with Crippen LogP contribution >= 0.6 is 15.9 Å². The van der Waals surface area contributed by atoms with Crippen molar-refractivity contribution in [3.8, 4) is 0 Å². The zero-order chi connectivity index (χ0) is 17.5. The van der Waals surface area contributed by atoms with Crippen molar-refractivity contribution in [2.45, 2.75) is 52.1 Å². The lowest BCUT2D eigenvalue weighted by Crippen LogP contribution is -2.61. The Morgan fingerprint density at radius 3 is 2.25 bits per heavy atom. The second-order valence-electron chi connectivity index (χ2n) is 7.33. The third-order valence-electron chi connectivity index (χ3n) is 5.37. The molecule has 4 nitrogen and oxygen atoms in total. The number of halogens is 1. The summed E-state index contributed by atoms with van der Waals surface area (Å²) in [6.45, 7) is 3.21. The highest BCUT2D eigenvalue weighted by atomic mass is 79.9. The zero-order valence-corrected chi connectivity index (χ0v) is 15.5. The summed E-state index contributed by atoms with van der Waals surface area (Å²) in [7, 11) is 0. The number of esters is 1. The van der Waals surface area contributed by atoms with E-state index >= 15 is 0 Å². The van der Waals surface area contributed by atoms with Crippen LogP contribution in [-0.2, 0) is 14.3 Å². The molecule has 1 aliphatic carbocycles. The highest BCUT2D eigenvalue weighted by molar-refractivity contribution is 9.10. The minimum atomic E-state index is -1.19. The summed E-state index contributed by atoms with van der Waals surface area (Å²) in [5.74, 6) is -1.01. The summed E-state index contributed by atoms with van der Waals surface area (Å²) < 4.78 is 6.46. The molecule has 1 aromatic rings. The van der Waals surface area contributed by atoms with E-state index in [4.69, 9.17) is 4.74 Å². The SMILES string of the molecule is CC1(C)C(=O)OC(C(=O)c2ccc(Br)cc2)C2(CCCCC2)C1=O. The Kier molecular flexibility index (Phi) is 4.41. The standard InChI is InChI=1S/C19H21BrO4/c1-18(2)16(22)19(10-4-3-5-11-19)15(24-17(18)23)14(21)12-6-8-13(20)9-7-12/h6-9,15H,3-5,10-11H2,1-2H3. The smallest absolute Gasteiger partial charge is 0.319 e. The second-order valence-corrected chi connectivity index (χ2v) is 8.24. The second kappa shape index (κ2) is 6.10. The third kappa shape index (κ3) is 2.63. The fraction of sp³-hybridized carbons (Fsp3) is 0.526. The van der Waals surface area contributed by atoms with Crippen LogP contribution in [-0.4, -0.2) is 23.6 Å². The summed E-state index contributed by atoms with van der Waals surface area (Å²) >= 11 is 3.34. The van der Waals surface area contributed by atoms with Crippen LogP contribution in [0.5, 0.6) is 0 Å². The number of hydrogen-bond acceptors (Lipinski definition) is 4. The lowest BCUT2D eigenvalue weighted by atomic mass is 9.59. The average Bonchev–Trinajstić information content (AvgIpc) is 2.58. The molecule has 0 aromatic heterocycles. The Morgan fingerprint density at radius 2 is 1.67 bits per heavy atom. The minimum Gasteiger partial charge on any atom is -0.452 e. The van der Waals surface area contributed by atoms with Crippen LogP contribution in [0.2, 0.25) is 0 Å². The van der Waals surface area contributed by atoms with E-state index < -0.39 is 22.9 Å². The molecule has 128 valence electrons. The van der Waals surface area contributed by atoms with Gasteiger partial charge in [-0.05, 0) is 38.8 Å². The zero-order valence-electron chi connectivity index (χ0n) is 13.9. The van der Waals surface area contributed by atoms with Crippen LogP contribution in [0.15, 0.2) is 28.7 Å². The Morgan fingerprint density at radius 1 is 1.08 bits per heavy atom. The first-order chi connectivity index (χ1) is 11.3. The van der Waals surface area contributed by atoms with Crippen molar-refractivity contribution < 1.29 is 19.1 Å². The fourth-order valence-electron chi connectivity index (χ4n) is 3.94. The Hall–Kier alpha value is -1.49. The van der Waals surface area contributed by atoms with Gasteiger partial charge in [0.2, 0.25) is 5.78 Å². The highest BCUT2D eigenvalue weighted by Gasteiger charge is 2.61. The van der Waals surface area contributed by atoms with Gasteiger partial charge in [0, 0.05) is 10.0 Å². The quantitative estimate of drug-likeness (QED) is 0.431. The highest BCUT2D eigenvalue weighted by Crippen LogP contribution is 2.50. The van der Waals surface area contributed by atoms with Gasteiger partial charge < -0.3 is 4.74 Å². The van der Waals surface area contributed by atoms with Crippen LogP contribution in [0.4, 0.5) is 0 Å². The van der Waals surface area contributed by atoms with Gasteiger partial charge in [0.1, 0.15) is 5.41 Å². The first-order valence-electron chi connectivity index (χ1n) is 8.35. The average molecular weight is 393 g/mol. The monoisotopic (exact) mass is 392 g/mol. The van der Waals surface area contributed by atoms with Gasteiger partial charge in [-0.2, -0.15) is 0 Å². The predicted octanol–water partition coefficient (Wildman–Crippen LogP) is 4.10. The number of ketones is 2. The fourth-order valence-corrected chi connectivity index (χ4v) is 4.21. The molecule has 0 amide bonds. The van der Waals surface area contributed by atoms with Crippen molar-refractivity contribution in [1.82, 2.24) is 0 Å². The molecule has 1 spiro atoms. The van der Waals surface area contributed by atoms with Crippen LogP contribution in [0.25, 0.3) is 0 Å². The molecule has 0 radical (unpaired) electrons. The first kappa shape index (κ1) is 17.3. The Labute approximate surface area is 150 Å². The summed E-state index contributed by atoms with van der Waals surface area (Å²) in [6, 6.07) is 6.94. The first-order valence-corrected chi connectivity index (χ1v) is 9.14. The molecule has 2 fully saturated rings. The molecule has 1 unspecified atom stereocenters. The molecule has 1 heterocycles. The van der Waals surface area contributed by atoms with E-state index in [0.717, 1.165) is 23.7 Å². The minimum absolute atomic E-state index is 0.138. The number of Topliss-reactive ketones (excluding diaryl/α,β-unsaturated/α-hetero) is 2. The van der Waals surface area contributed by atoms with Crippen molar-refractivity contribution in [3.05, 3.63) is 34.3 Å². The number of carbonyl (C=O) groups is 3. The van der Waals surface area contributed by atoms with Crippen LogP contribution in [0.3, 0.4) is 0 Å². The van der Waals surface area contributed by atoms with Gasteiger partial charge in [-0.15, -0.1) is 0 Å². The van der Waals surface area contributed by atoms with E-state index in [1.54, 1.807) is 38.1 Å². The van der Waals surface area contributed by atoms with Gasteiger partial charge in [-0.1, -0.05) is 47.3 Å². The van der Waals surface area contributed by atoms with Gasteiger partial charge in [0.15, 0.2) is 11.9 Å². The van der Waals surface area contributed by atoms with Gasteiger partial charge in [-0.25, -0.2) is 0 Å². The predicted molar refractivity (Wildman–Crippen MR) is 92.7 cm³/mol. The van der Waals surface area contributed by atoms with E-state index in [0.29, 0.717) is 18.4 Å². The molecule has 1 saturated carbocycles. The van der Waals surface area contributed by atoms with Crippen molar-refractivity contribution in [3.63, 3.8) is 0 Å². The van der Waals surface area contributed by atoms with E-state index in [9.17, 15) is 14.4 Å². The number of ether oxygens (including phenoxy) is 1. The molecule has 5 heteroatoms. The van der Waals surface area contributed by atoms with Crippen molar-refractivity contribution in [1.29, 1.82) is 0 Å². The van der Waals surface area contributed by atoms with Crippen LogP contribution < -0.4 is 0 Å². The van der Waals surface area contributed by atoms with E-state index in [1.807, 2.05) is 0 Å². The number of carbonyl (C=O) groups excluding carboxylic acids is 3. The third-order valence-corrected chi connectivity index (χ3v) is 5.90. The molecule has 1 saturated heterocycles. The Bertz CT molecular complexity index is 684. The van der Waals surface area contributed by atoms with Crippen molar-refractivity contribution in [2.24, 2.45) is 10.8 Å². The number of cyclic esters (lactones) is 1. The number of benzene rings is 1. The van der Waals surface area contributed by atoms with Crippen LogP contribution in [0, 0.1) is 10.8 Å². The van der Waals surface area contributed by atoms with Gasteiger partial charge >= 0.3 is 5.97 Å². The summed E-state index contributed by atoms with van der Waals surface area (Å²) in [5.41, 5.74) is -1.60. The van der Waals surface area contributed by atoms with Gasteiger partial charge in [-0.3, -0.25) is 14.4 Å². The maximum Gasteiger partial charge on any atom is 0.319 e. The topological polar surface area (TPSA) is 60.4 Å². The van der Waals surface area contributed by atoms with E-state index in [2.05, 4.69) is 15.9 Å². The molecular formula is C19H21BrO4. The molecule has 0 bridgehead atoms. The van der Waals surface area contributed by atoms with Crippen LogP contribution in [0.1, 0.15) is 56.3 Å². The maximum absolute atomic E-state index is 13.2. The largest absolute Gasteiger partial charge is 0.452 e. The number of rotatable bonds is 2. The maximum atomic E-state index is 13.2. The lowest BCUT2D eigenvalue weighted by molar-refractivity contribution is -0.186.